The van der Waals surface area contributed by atoms with Gasteiger partial charge in [0, 0.05) is 6.61 Å². The molecular formula is C19H34O. The summed E-state index contributed by atoms with van der Waals surface area (Å²) in [5.74, 6) is 1.98. The normalized spacial score (nSPS) is 26.4. The van der Waals surface area contributed by atoms with Crippen molar-refractivity contribution in [2.24, 2.45) is 11.8 Å². The molecule has 0 aliphatic heterocycles. The minimum Gasteiger partial charge on any atom is -0.376 e. The molecule has 0 bridgehead atoms. The highest BCUT2D eigenvalue weighted by molar-refractivity contribution is 5.16. The zero-order valence-electron chi connectivity index (χ0n) is 13.9. The molecule has 0 spiro atoms. The van der Waals surface area contributed by atoms with Crippen LogP contribution in [0.5, 0.6) is 0 Å². The monoisotopic (exact) mass is 278 g/mol. The molecule has 0 aromatic rings. The van der Waals surface area contributed by atoms with Crippen molar-refractivity contribution >= 4 is 0 Å². The highest BCUT2D eigenvalue weighted by Crippen LogP contribution is 2.43. The van der Waals surface area contributed by atoms with E-state index >= 15 is 0 Å². The van der Waals surface area contributed by atoms with Crippen molar-refractivity contribution in [3.05, 3.63) is 11.6 Å². The minimum atomic E-state index is 0.0346. The van der Waals surface area contributed by atoms with Gasteiger partial charge in [0.15, 0.2) is 0 Å². The average molecular weight is 278 g/mol. The molecule has 2 unspecified atom stereocenters. The Morgan fingerprint density at radius 2 is 1.90 bits per heavy atom. The lowest BCUT2D eigenvalue weighted by Crippen LogP contribution is -2.19. The molecule has 0 aromatic carbocycles. The third kappa shape index (κ3) is 5.24. The molecule has 20 heavy (non-hydrogen) atoms. The van der Waals surface area contributed by atoms with E-state index in [2.05, 4.69) is 26.8 Å². The van der Waals surface area contributed by atoms with Crippen molar-refractivity contribution in [2.75, 3.05) is 6.61 Å². The van der Waals surface area contributed by atoms with Crippen molar-refractivity contribution in [3.8, 4) is 0 Å². The molecule has 2 aliphatic rings. The quantitative estimate of drug-likeness (QED) is 0.417. The predicted octanol–water partition coefficient (Wildman–Crippen LogP) is 5.89. The largest absolute Gasteiger partial charge is 0.376 e. The maximum absolute atomic E-state index is 5.77. The lowest BCUT2D eigenvalue weighted by Gasteiger charge is -2.27. The Morgan fingerprint density at radius 1 is 1.10 bits per heavy atom. The number of hydrogen-bond acceptors (Lipinski definition) is 1. The van der Waals surface area contributed by atoms with Gasteiger partial charge in [-0.1, -0.05) is 37.3 Å². The van der Waals surface area contributed by atoms with Crippen LogP contribution in [0.1, 0.15) is 85.0 Å². The number of ether oxygens (including phenoxy) is 1. The number of allylic oxidation sites excluding steroid dienone is 2. The van der Waals surface area contributed by atoms with Crippen LogP contribution in [0.25, 0.3) is 0 Å². The van der Waals surface area contributed by atoms with E-state index in [-0.39, 0.29) is 5.60 Å². The van der Waals surface area contributed by atoms with Gasteiger partial charge in [-0.15, -0.1) is 0 Å². The van der Waals surface area contributed by atoms with E-state index in [4.69, 9.17) is 4.74 Å². The number of fused-ring (bicyclic) bond motifs is 1. The molecule has 0 amide bonds. The van der Waals surface area contributed by atoms with Crippen molar-refractivity contribution < 1.29 is 4.74 Å². The minimum absolute atomic E-state index is 0.0346. The van der Waals surface area contributed by atoms with Crippen molar-refractivity contribution in [1.29, 1.82) is 0 Å². The first-order chi connectivity index (χ1) is 9.56. The first kappa shape index (κ1) is 16.1. The molecule has 0 radical (unpaired) electrons. The Morgan fingerprint density at radius 3 is 2.70 bits per heavy atom. The summed E-state index contributed by atoms with van der Waals surface area (Å²) in [6.45, 7) is 7.35. The van der Waals surface area contributed by atoms with Gasteiger partial charge in [0.05, 0.1) is 5.60 Å². The van der Waals surface area contributed by atoms with Crippen LogP contribution in [-0.4, -0.2) is 12.2 Å². The molecule has 1 nitrogen and oxygen atoms in total. The van der Waals surface area contributed by atoms with Gasteiger partial charge in [-0.05, 0) is 71.1 Å². The van der Waals surface area contributed by atoms with Gasteiger partial charge < -0.3 is 4.74 Å². The molecule has 1 heteroatoms. The molecule has 0 aromatic heterocycles. The van der Waals surface area contributed by atoms with Gasteiger partial charge in [-0.25, -0.2) is 0 Å². The average Bonchev–Trinajstić information content (AvgIpc) is 2.80. The number of hydrogen-bond donors (Lipinski definition) is 0. The van der Waals surface area contributed by atoms with E-state index in [1.54, 1.807) is 0 Å². The summed E-state index contributed by atoms with van der Waals surface area (Å²) >= 11 is 0. The van der Waals surface area contributed by atoms with Crippen molar-refractivity contribution in [2.45, 2.75) is 90.6 Å². The molecule has 1 saturated carbocycles. The second-order valence-electron chi connectivity index (χ2n) is 7.79. The van der Waals surface area contributed by atoms with Gasteiger partial charge in [-0.2, -0.15) is 0 Å². The van der Waals surface area contributed by atoms with E-state index in [0.29, 0.717) is 0 Å². The van der Waals surface area contributed by atoms with Crippen LogP contribution in [0.3, 0.4) is 0 Å². The SMILES string of the molecule is CC(C)(C)OCCCCCCC1CC=C2CCCCC21. The van der Waals surface area contributed by atoms with Gasteiger partial charge in [0.1, 0.15) is 0 Å². The van der Waals surface area contributed by atoms with Crippen LogP contribution in [0, 0.1) is 11.8 Å². The molecule has 0 heterocycles. The predicted molar refractivity (Wildman–Crippen MR) is 86.9 cm³/mol. The molecule has 0 N–H and O–H groups in total. The molecule has 2 atom stereocenters. The molecule has 116 valence electrons. The van der Waals surface area contributed by atoms with E-state index in [1.165, 1.54) is 64.2 Å². The van der Waals surface area contributed by atoms with Gasteiger partial charge in [-0.3, -0.25) is 0 Å². The summed E-state index contributed by atoms with van der Waals surface area (Å²) in [4.78, 5) is 0. The molecule has 1 fully saturated rings. The lowest BCUT2D eigenvalue weighted by atomic mass is 9.78. The van der Waals surface area contributed by atoms with Crippen LogP contribution in [0.4, 0.5) is 0 Å². The number of rotatable bonds is 7. The molecular weight excluding hydrogens is 244 g/mol. The van der Waals surface area contributed by atoms with E-state index in [0.717, 1.165) is 18.4 Å². The Balaban J connectivity index is 1.50. The summed E-state index contributed by atoms with van der Waals surface area (Å²) in [6.07, 6.45) is 16.6. The molecule has 2 aliphatic carbocycles. The maximum Gasteiger partial charge on any atom is 0.0598 e. The topological polar surface area (TPSA) is 9.23 Å². The summed E-state index contributed by atoms with van der Waals surface area (Å²) in [6, 6.07) is 0. The van der Waals surface area contributed by atoms with Crippen LogP contribution >= 0.6 is 0 Å². The van der Waals surface area contributed by atoms with Crippen molar-refractivity contribution in [1.82, 2.24) is 0 Å². The third-order valence-corrected chi connectivity index (χ3v) is 4.96. The van der Waals surface area contributed by atoms with E-state index < -0.39 is 0 Å². The summed E-state index contributed by atoms with van der Waals surface area (Å²) in [5.41, 5.74) is 1.85. The van der Waals surface area contributed by atoms with Crippen LogP contribution in [-0.2, 0) is 4.74 Å². The van der Waals surface area contributed by atoms with Crippen LogP contribution < -0.4 is 0 Å². The number of unbranched alkanes of at least 4 members (excludes halogenated alkanes) is 3. The second kappa shape index (κ2) is 7.64. The third-order valence-electron chi connectivity index (χ3n) is 4.96. The Labute approximate surface area is 126 Å². The zero-order chi connectivity index (χ0) is 14.4. The zero-order valence-corrected chi connectivity index (χ0v) is 13.9. The fourth-order valence-electron chi connectivity index (χ4n) is 3.88. The maximum atomic E-state index is 5.77. The first-order valence-corrected chi connectivity index (χ1v) is 8.89. The smallest absolute Gasteiger partial charge is 0.0598 e. The Kier molecular flexibility index (Phi) is 6.14. The Hall–Kier alpha value is -0.300. The highest BCUT2D eigenvalue weighted by Gasteiger charge is 2.30. The Bertz CT molecular complexity index is 310. The summed E-state index contributed by atoms with van der Waals surface area (Å²) < 4.78 is 5.77. The van der Waals surface area contributed by atoms with Crippen LogP contribution in [0.15, 0.2) is 11.6 Å². The lowest BCUT2D eigenvalue weighted by molar-refractivity contribution is -0.00477. The second-order valence-corrected chi connectivity index (χ2v) is 7.79. The van der Waals surface area contributed by atoms with Gasteiger partial charge >= 0.3 is 0 Å². The van der Waals surface area contributed by atoms with E-state index in [1.807, 2.05) is 5.57 Å². The first-order valence-electron chi connectivity index (χ1n) is 8.89. The van der Waals surface area contributed by atoms with Crippen molar-refractivity contribution in [3.63, 3.8) is 0 Å². The highest BCUT2D eigenvalue weighted by atomic mass is 16.5. The summed E-state index contributed by atoms with van der Waals surface area (Å²) in [5, 5.41) is 0. The van der Waals surface area contributed by atoms with Gasteiger partial charge in [0.2, 0.25) is 0 Å². The molecule has 2 rings (SSSR count). The fraction of sp³-hybridized carbons (Fsp3) is 0.895. The van der Waals surface area contributed by atoms with Gasteiger partial charge in [0.25, 0.3) is 0 Å². The fourth-order valence-corrected chi connectivity index (χ4v) is 3.88. The summed E-state index contributed by atoms with van der Waals surface area (Å²) in [7, 11) is 0. The van der Waals surface area contributed by atoms with E-state index in [9.17, 15) is 0 Å². The molecule has 0 saturated heterocycles. The standard InChI is InChI=1S/C19H34O/c1-19(2,3)20-15-9-5-4-6-10-16-13-14-17-11-7-8-12-18(16)17/h14,16,18H,4-13,15H2,1-3H3. The van der Waals surface area contributed by atoms with Crippen LogP contribution in [0.2, 0.25) is 0 Å².